The summed E-state index contributed by atoms with van der Waals surface area (Å²) in [4.78, 5) is 30.6. The Balaban J connectivity index is 1.18. The van der Waals surface area contributed by atoms with Crippen molar-refractivity contribution in [1.82, 2.24) is 15.2 Å². The third kappa shape index (κ3) is 4.03. The normalized spacial score (nSPS) is 17.4. The summed E-state index contributed by atoms with van der Waals surface area (Å²) >= 11 is 0. The van der Waals surface area contributed by atoms with Crippen LogP contribution in [0, 0.1) is 0 Å². The van der Waals surface area contributed by atoms with Gasteiger partial charge in [0.15, 0.2) is 0 Å². The van der Waals surface area contributed by atoms with Gasteiger partial charge in [-0.25, -0.2) is 9.78 Å². The summed E-state index contributed by atoms with van der Waals surface area (Å²) in [6.45, 7) is 2.02. The van der Waals surface area contributed by atoms with E-state index in [0.717, 1.165) is 16.6 Å². The van der Waals surface area contributed by atoms with Crippen molar-refractivity contribution in [3.05, 3.63) is 71.9 Å². The van der Waals surface area contributed by atoms with Gasteiger partial charge in [0, 0.05) is 36.9 Å². The summed E-state index contributed by atoms with van der Waals surface area (Å²) < 4.78 is 11.3. The van der Waals surface area contributed by atoms with Crippen LogP contribution in [-0.2, 0) is 11.3 Å². The molecule has 31 heavy (non-hydrogen) atoms. The number of piperidine rings is 1. The number of alkyl carbamates (subject to hydrolysis) is 1. The zero-order valence-electron chi connectivity index (χ0n) is 17.0. The molecule has 0 radical (unpaired) electrons. The molecule has 5 rings (SSSR count). The van der Waals surface area contributed by atoms with Crippen molar-refractivity contribution in [2.24, 2.45) is 0 Å². The number of nitrogens with zero attached hydrogens (tertiary/aromatic N) is 2. The van der Waals surface area contributed by atoms with Gasteiger partial charge in [0.1, 0.15) is 18.0 Å². The summed E-state index contributed by atoms with van der Waals surface area (Å²) in [5.74, 6) is 0.669. The van der Waals surface area contributed by atoms with E-state index in [0.29, 0.717) is 50.4 Å². The first-order chi connectivity index (χ1) is 15.1. The van der Waals surface area contributed by atoms with Crippen molar-refractivity contribution in [1.29, 1.82) is 0 Å². The number of amides is 2. The zero-order chi connectivity index (χ0) is 21.3. The molecule has 2 saturated heterocycles. The maximum absolute atomic E-state index is 12.8. The minimum absolute atomic E-state index is 0.0186. The molecule has 0 saturated carbocycles. The number of ether oxygens (including phenoxy) is 2. The van der Waals surface area contributed by atoms with Gasteiger partial charge in [-0.1, -0.05) is 24.3 Å². The largest absolute Gasteiger partial charge is 0.487 e. The number of carbonyl (C=O) groups excluding carboxylic acids is 2. The van der Waals surface area contributed by atoms with Crippen molar-refractivity contribution >= 4 is 22.9 Å². The Bertz CT molecular complexity index is 1120. The number of likely N-dealkylation sites (tertiary alicyclic amines) is 1. The van der Waals surface area contributed by atoms with Gasteiger partial charge < -0.3 is 19.7 Å². The molecular formula is C24H23N3O4. The van der Waals surface area contributed by atoms with Crippen LogP contribution in [0.1, 0.15) is 28.9 Å². The number of fused-ring (bicyclic) bond motifs is 1. The summed E-state index contributed by atoms with van der Waals surface area (Å²) in [7, 11) is 0. The van der Waals surface area contributed by atoms with Crippen LogP contribution in [0.2, 0.25) is 0 Å². The van der Waals surface area contributed by atoms with Crippen LogP contribution in [0.3, 0.4) is 0 Å². The number of nitrogens with one attached hydrogen (secondary N) is 1. The van der Waals surface area contributed by atoms with Gasteiger partial charge in [0.25, 0.3) is 5.91 Å². The van der Waals surface area contributed by atoms with Crippen molar-refractivity contribution in [3.63, 3.8) is 0 Å². The zero-order valence-corrected chi connectivity index (χ0v) is 17.0. The molecular weight excluding hydrogens is 394 g/mol. The van der Waals surface area contributed by atoms with E-state index in [1.807, 2.05) is 53.4 Å². The Kier molecular flexibility index (Phi) is 4.94. The second kappa shape index (κ2) is 7.91. The molecule has 1 N–H and O–H groups in total. The van der Waals surface area contributed by atoms with Gasteiger partial charge in [-0.15, -0.1) is 0 Å². The lowest BCUT2D eigenvalue weighted by Crippen LogP contribution is -2.48. The third-order valence-electron chi connectivity index (χ3n) is 5.97. The molecule has 1 spiro atoms. The monoisotopic (exact) mass is 417 g/mol. The molecule has 0 unspecified atom stereocenters. The Morgan fingerprint density at radius 3 is 2.58 bits per heavy atom. The second-order valence-corrected chi connectivity index (χ2v) is 8.03. The van der Waals surface area contributed by atoms with E-state index in [-0.39, 0.29) is 12.0 Å². The molecule has 0 aliphatic carbocycles. The summed E-state index contributed by atoms with van der Waals surface area (Å²) in [5.41, 5.74) is 1.95. The lowest BCUT2D eigenvalue weighted by molar-refractivity contribution is 0.00331. The van der Waals surface area contributed by atoms with Crippen LogP contribution in [0.5, 0.6) is 5.75 Å². The predicted octanol–water partition coefficient (Wildman–Crippen LogP) is 3.53. The quantitative estimate of drug-likeness (QED) is 0.702. The molecule has 0 atom stereocenters. The Morgan fingerprint density at radius 2 is 1.84 bits per heavy atom. The van der Waals surface area contributed by atoms with E-state index in [9.17, 15) is 9.59 Å². The number of pyridine rings is 1. The van der Waals surface area contributed by atoms with Crippen molar-refractivity contribution in [2.45, 2.75) is 25.0 Å². The molecule has 2 aliphatic rings. The number of carbonyl (C=O) groups is 2. The minimum atomic E-state index is -0.456. The average Bonchev–Trinajstić information content (AvgIpc) is 3.17. The molecule has 158 valence electrons. The van der Waals surface area contributed by atoms with Crippen LogP contribution >= 0.6 is 0 Å². The number of hydrogen-bond acceptors (Lipinski definition) is 5. The molecule has 7 heteroatoms. The highest BCUT2D eigenvalue weighted by molar-refractivity contribution is 5.94. The average molecular weight is 417 g/mol. The van der Waals surface area contributed by atoms with E-state index in [1.54, 1.807) is 12.1 Å². The lowest BCUT2D eigenvalue weighted by atomic mass is 9.91. The van der Waals surface area contributed by atoms with Crippen LogP contribution in [0.4, 0.5) is 4.79 Å². The highest BCUT2D eigenvalue weighted by atomic mass is 16.6. The van der Waals surface area contributed by atoms with Crippen molar-refractivity contribution in [2.75, 3.05) is 19.6 Å². The van der Waals surface area contributed by atoms with Crippen LogP contribution in [-0.4, -0.2) is 47.1 Å². The van der Waals surface area contributed by atoms with E-state index in [1.165, 1.54) is 0 Å². The van der Waals surface area contributed by atoms with Gasteiger partial charge in [-0.05, 0) is 36.4 Å². The molecule has 2 amide bonds. The van der Waals surface area contributed by atoms with Crippen LogP contribution in [0.15, 0.2) is 60.7 Å². The van der Waals surface area contributed by atoms with Crippen molar-refractivity contribution < 1.29 is 19.1 Å². The number of rotatable bonds is 4. The van der Waals surface area contributed by atoms with Gasteiger partial charge in [0.05, 0.1) is 17.8 Å². The van der Waals surface area contributed by atoms with Crippen LogP contribution < -0.4 is 10.1 Å². The highest BCUT2D eigenvalue weighted by Crippen LogP contribution is 2.30. The fourth-order valence-corrected chi connectivity index (χ4v) is 4.12. The molecule has 2 fully saturated rings. The molecule has 2 aliphatic heterocycles. The van der Waals surface area contributed by atoms with E-state index in [2.05, 4.69) is 10.3 Å². The Labute approximate surface area is 180 Å². The summed E-state index contributed by atoms with van der Waals surface area (Å²) in [6, 6.07) is 19.1. The smallest absolute Gasteiger partial charge is 0.407 e. The first-order valence-electron chi connectivity index (χ1n) is 10.4. The Morgan fingerprint density at radius 1 is 1.06 bits per heavy atom. The molecule has 3 aromatic rings. The highest BCUT2D eigenvalue weighted by Gasteiger charge is 2.43. The minimum Gasteiger partial charge on any atom is -0.487 e. The third-order valence-corrected chi connectivity index (χ3v) is 5.97. The van der Waals surface area contributed by atoms with E-state index in [4.69, 9.17) is 9.47 Å². The maximum atomic E-state index is 12.8. The number of aromatic nitrogens is 1. The number of para-hydroxylation sites is 1. The molecule has 7 nitrogen and oxygen atoms in total. The summed E-state index contributed by atoms with van der Waals surface area (Å²) in [6.07, 6.45) is 0.934. The van der Waals surface area contributed by atoms with Gasteiger partial charge in [0.2, 0.25) is 0 Å². The van der Waals surface area contributed by atoms with Crippen LogP contribution in [0.25, 0.3) is 10.9 Å². The molecule has 0 bridgehead atoms. The second-order valence-electron chi connectivity index (χ2n) is 8.03. The number of benzene rings is 2. The fraction of sp³-hybridized carbons (Fsp3) is 0.292. The van der Waals surface area contributed by atoms with Crippen molar-refractivity contribution in [3.8, 4) is 5.75 Å². The summed E-state index contributed by atoms with van der Waals surface area (Å²) in [5, 5.41) is 3.81. The van der Waals surface area contributed by atoms with E-state index >= 15 is 0 Å². The predicted molar refractivity (Wildman–Crippen MR) is 115 cm³/mol. The first-order valence-corrected chi connectivity index (χ1v) is 10.4. The topological polar surface area (TPSA) is 80.8 Å². The van der Waals surface area contributed by atoms with Gasteiger partial charge in [-0.2, -0.15) is 0 Å². The maximum Gasteiger partial charge on any atom is 0.407 e. The van der Waals surface area contributed by atoms with Gasteiger partial charge >= 0.3 is 6.09 Å². The molecule has 1 aromatic heterocycles. The molecule has 3 heterocycles. The standard InChI is InChI=1S/C24H23N3O4/c28-22(27-13-11-24(12-14-27)16-25-23(29)31-24)18-6-9-20(10-7-18)30-15-19-8-5-17-3-1-2-4-21(17)26-19/h1-10H,11-16H2,(H,25,29). The Hall–Kier alpha value is -3.61. The fourth-order valence-electron chi connectivity index (χ4n) is 4.12. The molecule has 2 aromatic carbocycles. The van der Waals surface area contributed by atoms with Gasteiger partial charge in [-0.3, -0.25) is 4.79 Å². The SMILES string of the molecule is O=C1NCC2(CCN(C(=O)c3ccc(OCc4ccc5ccccc5n4)cc3)CC2)O1. The number of hydrogen-bond donors (Lipinski definition) is 1. The lowest BCUT2D eigenvalue weighted by Gasteiger charge is -2.37. The van der Waals surface area contributed by atoms with E-state index < -0.39 is 5.60 Å². The first kappa shape index (κ1) is 19.4.